The third-order valence-electron chi connectivity index (χ3n) is 4.59. The second kappa shape index (κ2) is 8.25. The minimum Gasteiger partial charge on any atom is -0.332 e. The number of hydrogen-bond acceptors (Lipinski definition) is 3. The summed E-state index contributed by atoms with van der Waals surface area (Å²) in [6.07, 6.45) is 1.58. The molecule has 0 saturated carbocycles. The second-order valence-electron chi connectivity index (χ2n) is 6.57. The van der Waals surface area contributed by atoms with Gasteiger partial charge < -0.3 is 5.32 Å². The lowest BCUT2D eigenvalue weighted by Gasteiger charge is -2.27. The maximum Gasteiger partial charge on any atom is 0.282 e. The molecule has 2 atom stereocenters. The molecule has 1 aliphatic heterocycles. The number of carbonyl (C=O) groups excluding carboxylic acids is 1. The molecule has 0 radical (unpaired) electrons. The van der Waals surface area contributed by atoms with Crippen molar-refractivity contribution in [3.05, 3.63) is 76.7 Å². The molecule has 0 unspecified atom stereocenters. The molecule has 3 rings (SSSR count). The molecule has 142 valence electrons. The number of carbonyl (C=O) groups is 1. The molecule has 7 heteroatoms. The van der Waals surface area contributed by atoms with E-state index in [1.54, 1.807) is 11.0 Å². The Balaban J connectivity index is 1.76. The van der Waals surface area contributed by atoms with E-state index in [4.69, 9.17) is 11.6 Å². The molecule has 0 saturated heterocycles. The molecule has 0 aromatic heterocycles. The van der Waals surface area contributed by atoms with Gasteiger partial charge in [-0.2, -0.15) is 0 Å². The summed E-state index contributed by atoms with van der Waals surface area (Å²) in [4.78, 5) is 14.6. The van der Waals surface area contributed by atoms with Gasteiger partial charge in [-0.05, 0) is 31.2 Å². The highest BCUT2D eigenvalue weighted by molar-refractivity contribution is 7.94. The van der Waals surface area contributed by atoms with Crippen molar-refractivity contribution in [2.45, 2.75) is 19.0 Å². The Morgan fingerprint density at radius 2 is 1.85 bits per heavy atom. The maximum absolute atomic E-state index is 13.0. The first-order valence-corrected chi connectivity index (χ1v) is 10.8. The van der Waals surface area contributed by atoms with E-state index >= 15 is 0 Å². The topological polar surface area (TPSA) is 71.1 Å². The van der Waals surface area contributed by atoms with Gasteiger partial charge in [-0.15, -0.1) is 0 Å². The molecule has 0 fully saturated rings. The lowest BCUT2D eigenvalue weighted by molar-refractivity contribution is -0.682. The molecule has 1 heterocycles. The summed E-state index contributed by atoms with van der Waals surface area (Å²) in [6.45, 7) is 2.17. The summed E-state index contributed by atoms with van der Waals surface area (Å²) in [5.41, 5.74) is 1.65. The maximum atomic E-state index is 13.0. The van der Waals surface area contributed by atoms with Gasteiger partial charge in [-0.25, -0.2) is 8.42 Å². The first-order valence-electron chi connectivity index (χ1n) is 8.73. The number of hydrogen-bond donors (Lipinski definition) is 1. The van der Waals surface area contributed by atoms with Crippen LogP contribution < -0.4 is 10.2 Å². The standard InChI is InChI=1S/C20H21ClN2O3S/c1-15(18-9-5-6-10-19(18)21)22-13-20(24)23(16-7-3-2-4-8-16)17-11-12-27(25,26)14-17/h2-12,15,17,22H,13-14H2,1H3/p+1/t15-,17+/m1/s1. The Morgan fingerprint density at radius 1 is 1.19 bits per heavy atom. The van der Waals surface area contributed by atoms with Gasteiger partial charge in [0.2, 0.25) is 0 Å². The zero-order valence-electron chi connectivity index (χ0n) is 15.0. The summed E-state index contributed by atoms with van der Waals surface area (Å²) >= 11 is 6.24. The van der Waals surface area contributed by atoms with Crippen LogP contribution in [0.3, 0.4) is 0 Å². The Morgan fingerprint density at radius 3 is 2.48 bits per heavy atom. The van der Waals surface area contributed by atoms with Crippen LogP contribution in [0.15, 0.2) is 66.1 Å². The second-order valence-corrected chi connectivity index (χ2v) is 8.91. The van der Waals surface area contributed by atoms with Crippen molar-refractivity contribution < 1.29 is 18.5 Å². The number of halogens is 1. The fourth-order valence-corrected chi connectivity index (χ4v) is 4.75. The largest absolute Gasteiger partial charge is 0.332 e. The van der Waals surface area contributed by atoms with Crippen LogP contribution >= 0.6 is 11.6 Å². The van der Waals surface area contributed by atoms with E-state index in [-0.39, 0.29) is 24.2 Å². The number of amides is 1. The highest BCUT2D eigenvalue weighted by Gasteiger charge is 2.32. The normalized spacial score (nSPS) is 19.0. The molecule has 1 aliphatic rings. The van der Waals surface area contributed by atoms with E-state index in [2.05, 4.69) is 0 Å². The van der Waals surface area contributed by atoms with Gasteiger partial charge in [0, 0.05) is 21.7 Å². The quantitative estimate of drug-likeness (QED) is 0.801. The van der Waals surface area contributed by atoms with E-state index in [0.717, 1.165) is 5.56 Å². The summed E-state index contributed by atoms with van der Waals surface area (Å²) in [5.74, 6) is -0.236. The summed E-state index contributed by atoms with van der Waals surface area (Å²) < 4.78 is 23.7. The Kier molecular flexibility index (Phi) is 5.99. The number of sulfone groups is 1. The third kappa shape index (κ3) is 4.77. The third-order valence-corrected chi connectivity index (χ3v) is 6.31. The van der Waals surface area contributed by atoms with Crippen LogP contribution in [0.2, 0.25) is 5.02 Å². The van der Waals surface area contributed by atoms with Crippen molar-refractivity contribution in [2.24, 2.45) is 0 Å². The average Bonchev–Trinajstić information content (AvgIpc) is 3.00. The number of anilines is 1. The molecule has 2 aromatic carbocycles. The fourth-order valence-electron chi connectivity index (χ4n) is 3.18. The Labute approximate surface area is 164 Å². The Bertz CT molecular complexity index is 945. The van der Waals surface area contributed by atoms with E-state index < -0.39 is 15.9 Å². The average molecular weight is 406 g/mol. The number of quaternary nitrogens is 1. The molecule has 2 N–H and O–H groups in total. The van der Waals surface area contributed by atoms with Crippen molar-refractivity contribution in [3.63, 3.8) is 0 Å². The molecule has 0 spiro atoms. The van der Waals surface area contributed by atoms with Crippen molar-refractivity contribution in [1.29, 1.82) is 0 Å². The first-order chi connectivity index (χ1) is 12.9. The zero-order valence-corrected chi connectivity index (χ0v) is 16.5. The van der Waals surface area contributed by atoms with Crippen LogP contribution in [-0.4, -0.2) is 32.7 Å². The monoisotopic (exact) mass is 405 g/mol. The van der Waals surface area contributed by atoms with Crippen LogP contribution in [0.5, 0.6) is 0 Å². The summed E-state index contributed by atoms with van der Waals surface area (Å²) in [7, 11) is -3.26. The van der Waals surface area contributed by atoms with Crippen LogP contribution in [0.25, 0.3) is 0 Å². The number of benzene rings is 2. The van der Waals surface area contributed by atoms with Gasteiger partial charge in [-0.1, -0.05) is 48.0 Å². The molecule has 0 aliphatic carbocycles. The molecular formula is C20H22ClN2O3S+. The highest BCUT2D eigenvalue weighted by atomic mass is 35.5. The molecule has 1 amide bonds. The van der Waals surface area contributed by atoms with Crippen LogP contribution in [-0.2, 0) is 14.6 Å². The molecule has 5 nitrogen and oxygen atoms in total. The number of nitrogens with two attached hydrogens (primary N) is 1. The van der Waals surface area contributed by atoms with Crippen LogP contribution in [0.1, 0.15) is 18.5 Å². The predicted molar refractivity (Wildman–Crippen MR) is 107 cm³/mol. The van der Waals surface area contributed by atoms with Gasteiger partial charge in [0.05, 0.1) is 11.8 Å². The molecular weight excluding hydrogens is 384 g/mol. The van der Waals surface area contributed by atoms with E-state index in [9.17, 15) is 13.2 Å². The van der Waals surface area contributed by atoms with Crippen molar-refractivity contribution in [2.75, 3.05) is 17.2 Å². The number of para-hydroxylation sites is 1. The van der Waals surface area contributed by atoms with E-state index in [1.165, 1.54) is 5.41 Å². The number of rotatable bonds is 6. The van der Waals surface area contributed by atoms with Gasteiger partial charge in [0.15, 0.2) is 16.4 Å². The predicted octanol–water partition coefficient (Wildman–Crippen LogP) is 2.31. The SMILES string of the molecule is C[C@@H]([NH2+]CC(=O)N(c1ccccc1)[C@H]1C=CS(=O)(=O)C1)c1ccccc1Cl. The van der Waals surface area contributed by atoms with Crippen molar-refractivity contribution >= 4 is 33.0 Å². The molecule has 27 heavy (non-hydrogen) atoms. The summed E-state index contributed by atoms with van der Waals surface area (Å²) in [5, 5.41) is 3.77. The number of nitrogens with zero attached hydrogens (tertiary/aromatic N) is 1. The zero-order chi connectivity index (χ0) is 19.4. The first kappa shape index (κ1) is 19.6. The van der Waals surface area contributed by atoms with Gasteiger partial charge in [0.1, 0.15) is 6.04 Å². The lowest BCUT2D eigenvalue weighted by atomic mass is 10.1. The van der Waals surface area contributed by atoms with Gasteiger partial charge in [-0.3, -0.25) is 9.69 Å². The lowest BCUT2D eigenvalue weighted by Crippen LogP contribution is -2.87. The minimum atomic E-state index is -3.26. The van der Waals surface area contributed by atoms with E-state index in [1.807, 2.05) is 66.8 Å². The Hall–Kier alpha value is -2.15. The smallest absolute Gasteiger partial charge is 0.282 e. The van der Waals surface area contributed by atoms with Gasteiger partial charge in [0.25, 0.3) is 5.91 Å². The van der Waals surface area contributed by atoms with Crippen LogP contribution in [0, 0.1) is 0 Å². The molecule has 0 bridgehead atoms. The van der Waals surface area contributed by atoms with E-state index in [0.29, 0.717) is 10.7 Å². The van der Waals surface area contributed by atoms with Crippen LogP contribution in [0.4, 0.5) is 5.69 Å². The minimum absolute atomic E-state index is 0.00289. The summed E-state index contributed by atoms with van der Waals surface area (Å²) in [6, 6.07) is 16.2. The van der Waals surface area contributed by atoms with Crippen molar-refractivity contribution in [3.8, 4) is 0 Å². The fraction of sp³-hybridized carbons (Fsp3) is 0.250. The van der Waals surface area contributed by atoms with Gasteiger partial charge >= 0.3 is 0 Å². The van der Waals surface area contributed by atoms with Crippen molar-refractivity contribution in [1.82, 2.24) is 0 Å². The highest BCUT2D eigenvalue weighted by Crippen LogP contribution is 2.23. The molecule has 2 aromatic rings.